The molecule has 6 heteroatoms. The summed E-state index contributed by atoms with van der Waals surface area (Å²) < 4.78 is 1.57. The molecule has 2 heterocycles. The molecule has 1 aromatic rings. The normalized spacial score (nSPS) is 20.5. The number of carbonyl (C=O) groups excluding carboxylic acids is 1. The lowest BCUT2D eigenvalue weighted by Crippen LogP contribution is -2.46. The van der Waals surface area contributed by atoms with Gasteiger partial charge in [-0.15, -0.1) is 5.10 Å². The molecule has 0 bridgehead atoms. The van der Waals surface area contributed by atoms with E-state index in [0.717, 1.165) is 25.8 Å². The Hall–Kier alpha value is -1.43. The van der Waals surface area contributed by atoms with Crippen molar-refractivity contribution < 1.29 is 4.79 Å². The van der Waals surface area contributed by atoms with Crippen molar-refractivity contribution in [3.05, 3.63) is 12.4 Å². The van der Waals surface area contributed by atoms with E-state index in [1.165, 1.54) is 6.42 Å². The van der Waals surface area contributed by atoms with Crippen molar-refractivity contribution in [1.82, 2.24) is 19.9 Å². The zero-order valence-electron chi connectivity index (χ0n) is 9.96. The molecule has 2 rings (SSSR count). The van der Waals surface area contributed by atoms with Crippen LogP contribution in [-0.2, 0) is 11.3 Å². The van der Waals surface area contributed by atoms with E-state index in [1.54, 1.807) is 17.1 Å². The Labute approximate surface area is 101 Å². The van der Waals surface area contributed by atoms with Gasteiger partial charge in [-0.25, -0.2) is 4.68 Å². The summed E-state index contributed by atoms with van der Waals surface area (Å²) in [7, 11) is 0. The highest BCUT2D eigenvalue weighted by atomic mass is 16.2. The maximum Gasteiger partial charge on any atom is 0.244 e. The van der Waals surface area contributed by atoms with E-state index >= 15 is 0 Å². The molecule has 17 heavy (non-hydrogen) atoms. The van der Waals surface area contributed by atoms with Crippen LogP contribution < -0.4 is 5.73 Å². The molecule has 1 aliphatic heterocycles. The zero-order chi connectivity index (χ0) is 12.1. The van der Waals surface area contributed by atoms with Crippen LogP contribution in [0.1, 0.15) is 25.7 Å². The second-order valence-corrected chi connectivity index (χ2v) is 4.41. The Balaban J connectivity index is 1.96. The molecule has 1 aromatic heterocycles. The average Bonchev–Trinajstić information content (AvgIpc) is 2.83. The number of piperidine rings is 1. The number of nitrogens with zero attached hydrogens (tertiary/aromatic N) is 4. The third kappa shape index (κ3) is 3.03. The monoisotopic (exact) mass is 237 g/mol. The molecule has 0 saturated carbocycles. The quantitative estimate of drug-likeness (QED) is 0.800. The fourth-order valence-corrected chi connectivity index (χ4v) is 2.37. The summed E-state index contributed by atoms with van der Waals surface area (Å²) >= 11 is 0. The second-order valence-electron chi connectivity index (χ2n) is 4.41. The first-order valence-corrected chi connectivity index (χ1v) is 6.15. The van der Waals surface area contributed by atoms with E-state index in [1.807, 2.05) is 4.90 Å². The minimum absolute atomic E-state index is 0.119. The van der Waals surface area contributed by atoms with Gasteiger partial charge in [0.15, 0.2) is 0 Å². The van der Waals surface area contributed by atoms with Crippen LogP contribution >= 0.6 is 0 Å². The first kappa shape index (κ1) is 12.0. The average molecular weight is 237 g/mol. The van der Waals surface area contributed by atoms with Gasteiger partial charge in [0, 0.05) is 18.8 Å². The molecule has 1 aliphatic rings. The van der Waals surface area contributed by atoms with Gasteiger partial charge < -0.3 is 10.6 Å². The maximum absolute atomic E-state index is 12.1. The van der Waals surface area contributed by atoms with Crippen LogP contribution in [0.3, 0.4) is 0 Å². The van der Waals surface area contributed by atoms with E-state index < -0.39 is 0 Å². The topological polar surface area (TPSA) is 77.0 Å². The molecular weight excluding hydrogens is 218 g/mol. The highest BCUT2D eigenvalue weighted by Crippen LogP contribution is 2.19. The summed E-state index contributed by atoms with van der Waals surface area (Å²) in [6.07, 6.45) is 7.53. The molecule has 1 fully saturated rings. The number of nitrogens with two attached hydrogens (primary N) is 1. The summed E-state index contributed by atoms with van der Waals surface area (Å²) in [6.45, 7) is 1.76. The molecule has 94 valence electrons. The Morgan fingerprint density at radius 3 is 3.06 bits per heavy atom. The van der Waals surface area contributed by atoms with Gasteiger partial charge in [0.2, 0.25) is 5.91 Å². The number of rotatable bonds is 4. The molecule has 6 nitrogen and oxygen atoms in total. The van der Waals surface area contributed by atoms with E-state index in [4.69, 9.17) is 5.73 Å². The molecule has 1 atom stereocenters. The summed E-state index contributed by atoms with van der Waals surface area (Å²) in [5.74, 6) is 0.119. The highest BCUT2D eigenvalue weighted by molar-refractivity contribution is 5.76. The van der Waals surface area contributed by atoms with Gasteiger partial charge in [-0.3, -0.25) is 4.79 Å². The minimum Gasteiger partial charge on any atom is -0.338 e. The lowest BCUT2D eigenvalue weighted by molar-refractivity contribution is -0.135. The molecule has 1 saturated heterocycles. The number of carbonyl (C=O) groups is 1. The number of likely N-dealkylation sites (tertiary alicyclic amines) is 1. The Morgan fingerprint density at radius 2 is 2.35 bits per heavy atom. The molecule has 0 spiro atoms. The minimum atomic E-state index is 0.119. The van der Waals surface area contributed by atoms with Crippen LogP contribution in [0.2, 0.25) is 0 Å². The van der Waals surface area contributed by atoms with Crippen molar-refractivity contribution in [2.75, 3.05) is 13.1 Å². The first-order valence-electron chi connectivity index (χ1n) is 6.15. The summed E-state index contributed by atoms with van der Waals surface area (Å²) in [6, 6.07) is 0.310. The third-order valence-corrected chi connectivity index (χ3v) is 3.22. The number of aromatic nitrogens is 3. The van der Waals surface area contributed by atoms with E-state index in [-0.39, 0.29) is 12.5 Å². The first-order chi connectivity index (χ1) is 8.31. The fourth-order valence-electron chi connectivity index (χ4n) is 2.37. The van der Waals surface area contributed by atoms with Gasteiger partial charge in [-0.1, -0.05) is 5.21 Å². The largest absolute Gasteiger partial charge is 0.338 e. The van der Waals surface area contributed by atoms with Crippen LogP contribution in [0.4, 0.5) is 0 Å². The number of hydrogen-bond acceptors (Lipinski definition) is 4. The van der Waals surface area contributed by atoms with E-state index in [2.05, 4.69) is 10.3 Å². The predicted molar refractivity (Wildman–Crippen MR) is 63.0 cm³/mol. The van der Waals surface area contributed by atoms with Gasteiger partial charge in [0.05, 0.1) is 6.20 Å². The number of amides is 1. The van der Waals surface area contributed by atoms with Gasteiger partial charge in [-0.2, -0.15) is 0 Å². The van der Waals surface area contributed by atoms with Crippen LogP contribution in [0.15, 0.2) is 12.4 Å². The van der Waals surface area contributed by atoms with Crippen LogP contribution in [0.5, 0.6) is 0 Å². The highest BCUT2D eigenvalue weighted by Gasteiger charge is 2.25. The van der Waals surface area contributed by atoms with Crippen molar-refractivity contribution in [2.45, 2.75) is 38.3 Å². The number of hydrogen-bond donors (Lipinski definition) is 1. The van der Waals surface area contributed by atoms with Crippen molar-refractivity contribution in [2.24, 2.45) is 5.73 Å². The zero-order valence-corrected chi connectivity index (χ0v) is 9.96. The molecule has 1 amide bonds. The molecule has 1 unspecified atom stereocenters. The Bertz CT molecular complexity index is 349. The van der Waals surface area contributed by atoms with Crippen LogP contribution in [-0.4, -0.2) is 44.9 Å². The summed E-state index contributed by atoms with van der Waals surface area (Å²) in [4.78, 5) is 14.1. The molecule has 0 aliphatic carbocycles. The van der Waals surface area contributed by atoms with Crippen molar-refractivity contribution >= 4 is 5.91 Å². The molecule has 2 N–H and O–H groups in total. The molecule has 0 radical (unpaired) electrons. The van der Waals surface area contributed by atoms with Crippen molar-refractivity contribution in [3.8, 4) is 0 Å². The summed E-state index contributed by atoms with van der Waals surface area (Å²) in [5, 5.41) is 7.51. The van der Waals surface area contributed by atoms with E-state index in [9.17, 15) is 4.79 Å². The van der Waals surface area contributed by atoms with Crippen LogP contribution in [0, 0.1) is 0 Å². The predicted octanol–water partition coefficient (Wildman–Crippen LogP) is 0.00800. The lowest BCUT2D eigenvalue weighted by Gasteiger charge is -2.35. The SMILES string of the molecule is NCCC1CCCCN1C(=O)Cn1ccnn1. The van der Waals surface area contributed by atoms with E-state index in [0.29, 0.717) is 12.6 Å². The molecule has 0 aromatic carbocycles. The van der Waals surface area contributed by atoms with Crippen LogP contribution in [0.25, 0.3) is 0 Å². The smallest absolute Gasteiger partial charge is 0.244 e. The summed E-state index contributed by atoms with van der Waals surface area (Å²) in [5.41, 5.74) is 5.59. The second kappa shape index (κ2) is 5.77. The molecular formula is C11H19N5O. The van der Waals surface area contributed by atoms with Crippen molar-refractivity contribution in [3.63, 3.8) is 0 Å². The fraction of sp³-hybridized carbons (Fsp3) is 0.727. The van der Waals surface area contributed by atoms with Gasteiger partial charge >= 0.3 is 0 Å². The maximum atomic E-state index is 12.1. The standard InChI is InChI=1S/C11H19N5O/c12-5-4-10-3-1-2-7-16(10)11(17)9-15-8-6-13-14-15/h6,8,10H,1-5,7,9,12H2. The van der Waals surface area contributed by atoms with Gasteiger partial charge in [0.25, 0.3) is 0 Å². The Morgan fingerprint density at radius 1 is 1.47 bits per heavy atom. The van der Waals surface area contributed by atoms with Gasteiger partial charge in [-0.05, 0) is 32.2 Å². The third-order valence-electron chi connectivity index (χ3n) is 3.22. The van der Waals surface area contributed by atoms with Crippen molar-refractivity contribution in [1.29, 1.82) is 0 Å². The van der Waals surface area contributed by atoms with Gasteiger partial charge in [0.1, 0.15) is 6.54 Å². The Kier molecular flexibility index (Phi) is 4.08. The lowest BCUT2D eigenvalue weighted by atomic mass is 9.99.